The van der Waals surface area contributed by atoms with E-state index >= 15 is 0 Å². The number of methoxy groups -OCH3 is 1. The Morgan fingerprint density at radius 3 is 2.32 bits per heavy atom. The summed E-state index contributed by atoms with van der Waals surface area (Å²) >= 11 is 0. The van der Waals surface area contributed by atoms with Gasteiger partial charge in [0, 0.05) is 32.7 Å². The second-order valence-corrected chi connectivity index (χ2v) is 7.24. The second kappa shape index (κ2) is 6.80. The molecular weight excluding hydrogens is 276 g/mol. The zero-order valence-corrected chi connectivity index (χ0v) is 14.5. The third-order valence-electron chi connectivity index (χ3n) is 4.28. The van der Waals surface area contributed by atoms with Crippen molar-refractivity contribution < 1.29 is 9.53 Å². The van der Waals surface area contributed by atoms with Crippen LogP contribution >= 0.6 is 0 Å². The lowest BCUT2D eigenvalue weighted by atomic mass is 9.85. The van der Waals surface area contributed by atoms with E-state index < -0.39 is 0 Å². The molecule has 0 atom stereocenters. The Morgan fingerprint density at radius 1 is 1.14 bits per heavy atom. The van der Waals surface area contributed by atoms with Gasteiger partial charge in [-0.2, -0.15) is 0 Å². The fourth-order valence-electron chi connectivity index (χ4n) is 2.72. The number of ether oxygens (including phenoxy) is 1. The fraction of sp³-hybridized carbons (Fsp3) is 0.611. The number of nitrogens with zero attached hydrogens (tertiary/aromatic N) is 2. The van der Waals surface area contributed by atoms with E-state index in [-0.39, 0.29) is 11.4 Å². The summed E-state index contributed by atoms with van der Waals surface area (Å²) < 4.78 is 4.90. The van der Waals surface area contributed by atoms with Crippen molar-refractivity contribution >= 4 is 5.97 Å². The van der Waals surface area contributed by atoms with E-state index in [4.69, 9.17) is 4.74 Å². The molecule has 1 aromatic rings. The minimum atomic E-state index is -0.259. The highest BCUT2D eigenvalue weighted by Gasteiger charge is 2.20. The molecule has 1 fully saturated rings. The Labute approximate surface area is 134 Å². The molecule has 0 spiro atoms. The van der Waals surface area contributed by atoms with Gasteiger partial charge in [-0.15, -0.1) is 0 Å². The van der Waals surface area contributed by atoms with Crippen LogP contribution < -0.4 is 0 Å². The number of rotatable bonds is 3. The van der Waals surface area contributed by atoms with E-state index in [1.54, 1.807) is 0 Å². The predicted molar refractivity (Wildman–Crippen MR) is 89.3 cm³/mol. The third kappa shape index (κ3) is 4.31. The Balaban J connectivity index is 2.24. The van der Waals surface area contributed by atoms with Gasteiger partial charge in [0.05, 0.1) is 12.7 Å². The van der Waals surface area contributed by atoms with Gasteiger partial charge in [-0.25, -0.2) is 4.79 Å². The maximum absolute atomic E-state index is 11.9. The van der Waals surface area contributed by atoms with Gasteiger partial charge >= 0.3 is 5.97 Å². The molecule has 0 aliphatic carbocycles. The van der Waals surface area contributed by atoms with Gasteiger partial charge in [0.1, 0.15) is 0 Å². The van der Waals surface area contributed by atoms with Crippen LogP contribution in [0.5, 0.6) is 0 Å². The molecule has 1 aliphatic rings. The summed E-state index contributed by atoms with van der Waals surface area (Å²) in [6, 6.07) is 6.16. The minimum Gasteiger partial charge on any atom is -0.465 e. The molecule has 0 saturated carbocycles. The molecule has 1 saturated heterocycles. The van der Waals surface area contributed by atoms with Crippen molar-refractivity contribution in [3.05, 3.63) is 34.9 Å². The van der Waals surface area contributed by atoms with Gasteiger partial charge in [-0.1, -0.05) is 26.8 Å². The molecule has 0 N–H and O–H groups in total. The van der Waals surface area contributed by atoms with Crippen molar-refractivity contribution in [3.63, 3.8) is 0 Å². The number of likely N-dealkylation sites (N-methyl/N-ethyl adjacent to an activating group) is 1. The fourth-order valence-corrected chi connectivity index (χ4v) is 2.72. The Kier molecular flexibility index (Phi) is 5.24. The summed E-state index contributed by atoms with van der Waals surface area (Å²) in [5, 5.41) is 0. The van der Waals surface area contributed by atoms with E-state index in [0.29, 0.717) is 5.56 Å². The van der Waals surface area contributed by atoms with Crippen LogP contribution in [0, 0.1) is 0 Å². The van der Waals surface area contributed by atoms with Crippen molar-refractivity contribution in [2.45, 2.75) is 32.7 Å². The predicted octanol–water partition coefficient (Wildman–Crippen LogP) is 2.52. The van der Waals surface area contributed by atoms with Gasteiger partial charge in [0.25, 0.3) is 0 Å². The zero-order chi connectivity index (χ0) is 16.3. The standard InChI is InChI=1S/C18H28N2O2/c1-18(2,3)16-11-14(10-15(12-16)17(21)22-5)13-20-8-6-19(4)7-9-20/h10-12H,6-9,13H2,1-5H3. The monoisotopic (exact) mass is 304 g/mol. The summed E-state index contributed by atoms with van der Waals surface area (Å²) in [4.78, 5) is 16.7. The smallest absolute Gasteiger partial charge is 0.337 e. The number of piperazine rings is 1. The highest BCUT2D eigenvalue weighted by Crippen LogP contribution is 2.25. The lowest BCUT2D eigenvalue weighted by molar-refractivity contribution is 0.0600. The lowest BCUT2D eigenvalue weighted by Gasteiger charge is -2.32. The molecule has 0 amide bonds. The van der Waals surface area contributed by atoms with Crippen molar-refractivity contribution in [2.75, 3.05) is 40.3 Å². The molecular formula is C18H28N2O2. The lowest BCUT2D eigenvalue weighted by Crippen LogP contribution is -2.43. The van der Waals surface area contributed by atoms with Crippen LogP contribution in [-0.4, -0.2) is 56.1 Å². The molecule has 4 nitrogen and oxygen atoms in total. The molecule has 1 heterocycles. The van der Waals surface area contributed by atoms with Gasteiger partial charge in [0.2, 0.25) is 0 Å². The van der Waals surface area contributed by atoms with Crippen LogP contribution in [0.3, 0.4) is 0 Å². The van der Waals surface area contributed by atoms with Crippen LogP contribution in [0.2, 0.25) is 0 Å². The largest absolute Gasteiger partial charge is 0.465 e. The molecule has 122 valence electrons. The van der Waals surface area contributed by atoms with Crippen LogP contribution in [0.4, 0.5) is 0 Å². The molecule has 1 aromatic carbocycles. The quantitative estimate of drug-likeness (QED) is 0.803. The number of carbonyl (C=O) groups is 1. The highest BCUT2D eigenvalue weighted by molar-refractivity contribution is 5.89. The van der Waals surface area contributed by atoms with E-state index in [1.165, 1.54) is 18.2 Å². The first-order chi connectivity index (χ1) is 10.3. The van der Waals surface area contributed by atoms with Crippen LogP contribution in [0.1, 0.15) is 42.3 Å². The Bertz CT molecular complexity index is 526. The third-order valence-corrected chi connectivity index (χ3v) is 4.28. The van der Waals surface area contributed by atoms with E-state index in [2.05, 4.69) is 43.7 Å². The minimum absolute atomic E-state index is 0.0148. The molecule has 4 heteroatoms. The van der Waals surface area contributed by atoms with Gasteiger partial charge in [-0.3, -0.25) is 4.90 Å². The Hall–Kier alpha value is -1.39. The van der Waals surface area contributed by atoms with Crippen molar-refractivity contribution in [1.82, 2.24) is 9.80 Å². The van der Waals surface area contributed by atoms with Crippen LogP contribution in [-0.2, 0) is 16.7 Å². The van der Waals surface area contributed by atoms with E-state index in [1.807, 2.05) is 12.1 Å². The molecule has 0 bridgehead atoms. The average molecular weight is 304 g/mol. The zero-order valence-electron chi connectivity index (χ0n) is 14.5. The molecule has 1 aliphatic heterocycles. The molecule has 22 heavy (non-hydrogen) atoms. The van der Waals surface area contributed by atoms with Gasteiger partial charge < -0.3 is 9.64 Å². The van der Waals surface area contributed by atoms with Crippen LogP contribution in [0.25, 0.3) is 0 Å². The average Bonchev–Trinajstić information content (AvgIpc) is 2.47. The number of benzene rings is 1. The van der Waals surface area contributed by atoms with Crippen molar-refractivity contribution in [3.8, 4) is 0 Å². The number of esters is 1. The maximum Gasteiger partial charge on any atom is 0.337 e. The molecule has 0 aromatic heterocycles. The molecule has 0 unspecified atom stereocenters. The summed E-state index contributed by atoms with van der Waals surface area (Å²) in [7, 11) is 3.60. The highest BCUT2D eigenvalue weighted by atomic mass is 16.5. The topological polar surface area (TPSA) is 32.8 Å². The van der Waals surface area contributed by atoms with Crippen molar-refractivity contribution in [2.24, 2.45) is 0 Å². The first kappa shape index (κ1) is 17.0. The maximum atomic E-state index is 11.9. The molecule has 2 rings (SSSR count). The Morgan fingerprint density at radius 2 is 1.77 bits per heavy atom. The first-order valence-electron chi connectivity index (χ1n) is 7.93. The summed E-state index contributed by atoms with van der Waals surface area (Å²) in [6.45, 7) is 11.7. The molecule has 0 radical (unpaired) electrons. The summed E-state index contributed by atoms with van der Waals surface area (Å²) in [5.74, 6) is -0.259. The van der Waals surface area contributed by atoms with Crippen molar-refractivity contribution in [1.29, 1.82) is 0 Å². The summed E-state index contributed by atoms with van der Waals surface area (Å²) in [5.41, 5.74) is 3.04. The SMILES string of the molecule is COC(=O)c1cc(CN2CCN(C)CC2)cc(C(C)(C)C)c1. The summed E-state index contributed by atoms with van der Waals surface area (Å²) in [6.07, 6.45) is 0. The number of carbonyl (C=O) groups excluding carboxylic acids is 1. The number of hydrogen-bond acceptors (Lipinski definition) is 4. The van der Waals surface area contributed by atoms with Crippen LogP contribution in [0.15, 0.2) is 18.2 Å². The van der Waals surface area contributed by atoms with E-state index in [0.717, 1.165) is 32.7 Å². The number of hydrogen-bond donors (Lipinski definition) is 0. The first-order valence-corrected chi connectivity index (χ1v) is 7.93. The normalized spacial score (nSPS) is 17.5. The van der Waals surface area contributed by atoms with Gasteiger partial charge in [0.15, 0.2) is 0 Å². The second-order valence-electron chi connectivity index (χ2n) is 7.24. The van der Waals surface area contributed by atoms with E-state index in [9.17, 15) is 4.79 Å². The van der Waals surface area contributed by atoms with Gasteiger partial charge in [-0.05, 0) is 35.7 Å².